The lowest BCUT2D eigenvalue weighted by Gasteiger charge is -1.94. The molecule has 3 heteroatoms. The van der Waals surface area contributed by atoms with Gasteiger partial charge in [0.2, 0.25) is 0 Å². The molecule has 0 saturated heterocycles. The normalized spacial score (nSPS) is 7.71. The zero-order valence-corrected chi connectivity index (χ0v) is 5.47. The van der Waals surface area contributed by atoms with Crippen molar-refractivity contribution < 1.29 is 4.74 Å². The highest BCUT2D eigenvalue weighted by Crippen LogP contribution is 1.95. The van der Waals surface area contributed by atoms with Crippen LogP contribution in [0, 0.1) is 0 Å². The molecule has 0 radical (unpaired) electrons. The maximum Gasteiger partial charge on any atom is 0.260 e. The van der Waals surface area contributed by atoms with E-state index in [1.165, 1.54) is 0 Å². The zero-order chi connectivity index (χ0) is 5.86. The highest BCUT2D eigenvalue weighted by atomic mass is 35.5. The van der Waals surface area contributed by atoms with Crippen molar-refractivity contribution in [3.05, 3.63) is 12.3 Å². The van der Waals surface area contributed by atoms with Crippen LogP contribution in [0.4, 0.5) is 0 Å². The summed E-state index contributed by atoms with van der Waals surface area (Å²) in [5, 5.41) is 0. The molecule has 0 aromatic rings. The summed E-state index contributed by atoms with van der Waals surface area (Å²) in [5.41, 5.74) is 0. The molecule has 0 spiro atoms. The van der Waals surface area contributed by atoms with Crippen LogP contribution < -0.4 is 0 Å². The standard InChI is InChI=1S/C4H5ClOS/c1-3(2)6-4(5)7/h1H2,2H3. The summed E-state index contributed by atoms with van der Waals surface area (Å²) in [6.07, 6.45) is 0. The highest BCUT2D eigenvalue weighted by molar-refractivity contribution is 7.82. The molecule has 0 aliphatic carbocycles. The van der Waals surface area contributed by atoms with Gasteiger partial charge in [-0.15, -0.1) is 0 Å². The van der Waals surface area contributed by atoms with Crippen molar-refractivity contribution in [3.63, 3.8) is 0 Å². The number of halogens is 1. The molecule has 0 aromatic heterocycles. The minimum absolute atomic E-state index is 0.00694. The lowest BCUT2D eigenvalue weighted by molar-refractivity contribution is 0.441. The second-order valence-corrected chi connectivity index (χ2v) is 1.98. The molecular formula is C4H5ClOS. The Labute approximate surface area is 52.9 Å². The summed E-state index contributed by atoms with van der Waals surface area (Å²) in [6, 6.07) is 0. The lowest BCUT2D eigenvalue weighted by atomic mass is 10.7. The minimum Gasteiger partial charge on any atom is -0.441 e. The van der Waals surface area contributed by atoms with Gasteiger partial charge in [-0.1, -0.05) is 6.58 Å². The van der Waals surface area contributed by atoms with E-state index in [0.29, 0.717) is 5.76 Å². The summed E-state index contributed by atoms with van der Waals surface area (Å²) in [6.45, 7) is 5.08. The number of hydrogen-bond donors (Lipinski definition) is 0. The zero-order valence-electron chi connectivity index (χ0n) is 3.90. The van der Waals surface area contributed by atoms with Gasteiger partial charge < -0.3 is 4.74 Å². The summed E-state index contributed by atoms with van der Waals surface area (Å²) in [5.74, 6) is 0.514. The van der Waals surface area contributed by atoms with E-state index in [2.05, 4.69) is 23.5 Å². The number of hydrogen-bond acceptors (Lipinski definition) is 2. The fraction of sp³-hybridized carbons (Fsp3) is 0.250. The van der Waals surface area contributed by atoms with E-state index in [0.717, 1.165) is 0 Å². The fourth-order valence-electron chi connectivity index (χ4n) is 0.137. The second-order valence-electron chi connectivity index (χ2n) is 1.04. The summed E-state index contributed by atoms with van der Waals surface area (Å²) in [4.78, 5) is 0. The van der Waals surface area contributed by atoms with Crippen LogP contribution in [0.15, 0.2) is 12.3 Å². The number of allylic oxidation sites excluding steroid dienone is 1. The summed E-state index contributed by atoms with van der Waals surface area (Å²) >= 11 is 9.48. The van der Waals surface area contributed by atoms with Crippen LogP contribution >= 0.6 is 23.8 Å². The molecule has 0 bridgehead atoms. The maximum absolute atomic E-state index is 5.12. The van der Waals surface area contributed by atoms with Crippen molar-refractivity contribution in [2.45, 2.75) is 6.92 Å². The molecular weight excluding hydrogens is 132 g/mol. The van der Waals surface area contributed by atoms with Crippen LogP contribution in [0.2, 0.25) is 0 Å². The van der Waals surface area contributed by atoms with Crippen LogP contribution in [-0.2, 0) is 4.74 Å². The molecule has 0 N–H and O–H groups in total. The Balaban J connectivity index is 3.32. The SMILES string of the molecule is C=C(C)OC(=S)Cl. The van der Waals surface area contributed by atoms with Gasteiger partial charge in [-0.25, -0.2) is 0 Å². The average molecular weight is 137 g/mol. The molecule has 0 aliphatic rings. The number of ether oxygens (including phenoxy) is 1. The van der Waals surface area contributed by atoms with Crippen molar-refractivity contribution in [2.24, 2.45) is 0 Å². The van der Waals surface area contributed by atoms with Crippen LogP contribution in [0.1, 0.15) is 6.92 Å². The fourth-order valence-corrected chi connectivity index (χ4v) is 0.411. The van der Waals surface area contributed by atoms with Gasteiger partial charge >= 0.3 is 0 Å². The molecule has 0 unspecified atom stereocenters. The first-order valence-electron chi connectivity index (χ1n) is 1.65. The Hall–Kier alpha value is -0.0800. The molecule has 7 heavy (non-hydrogen) atoms. The first kappa shape index (κ1) is 6.92. The van der Waals surface area contributed by atoms with Crippen molar-refractivity contribution >= 4 is 28.3 Å². The van der Waals surface area contributed by atoms with Gasteiger partial charge in [0.15, 0.2) is 0 Å². The lowest BCUT2D eigenvalue weighted by Crippen LogP contribution is -1.86. The maximum atomic E-state index is 5.12. The summed E-state index contributed by atoms with van der Waals surface area (Å²) in [7, 11) is 0. The monoisotopic (exact) mass is 136 g/mol. The van der Waals surface area contributed by atoms with E-state index in [1.54, 1.807) is 6.92 Å². The molecule has 0 fully saturated rings. The topological polar surface area (TPSA) is 9.23 Å². The Morgan fingerprint density at radius 3 is 2.29 bits per heavy atom. The van der Waals surface area contributed by atoms with Gasteiger partial charge in [-0.3, -0.25) is 0 Å². The van der Waals surface area contributed by atoms with Gasteiger partial charge in [0, 0.05) is 0 Å². The largest absolute Gasteiger partial charge is 0.441 e. The Bertz CT molecular complexity index is 87.9. The van der Waals surface area contributed by atoms with Crippen molar-refractivity contribution in [1.82, 2.24) is 0 Å². The predicted molar refractivity (Wildman–Crippen MR) is 34.4 cm³/mol. The average Bonchev–Trinajstić information content (AvgIpc) is 1.27. The molecule has 0 saturated carbocycles. The molecule has 40 valence electrons. The minimum atomic E-state index is -0.00694. The van der Waals surface area contributed by atoms with Crippen LogP contribution in [0.5, 0.6) is 0 Å². The van der Waals surface area contributed by atoms with E-state index < -0.39 is 0 Å². The third-order valence-corrected chi connectivity index (χ3v) is 0.415. The molecule has 0 heterocycles. The summed E-state index contributed by atoms with van der Waals surface area (Å²) < 4.78 is 4.55. The van der Waals surface area contributed by atoms with Gasteiger partial charge in [-0.2, -0.15) is 0 Å². The Kier molecular flexibility index (Phi) is 2.96. The van der Waals surface area contributed by atoms with Gasteiger partial charge in [-0.05, 0) is 30.7 Å². The first-order valence-corrected chi connectivity index (χ1v) is 2.44. The van der Waals surface area contributed by atoms with Crippen molar-refractivity contribution in [1.29, 1.82) is 0 Å². The van der Waals surface area contributed by atoms with Crippen LogP contribution in [0.3, 0.4) is 0 Å². The smallest absolute Gasteiger partial charge is 0.260 e. The van der Waals surface area contributed by atoms with Crippen molar-refractivity contribution in [3.8, 4) is 0 Å². The molecule has 0 aliphatic heterocycles. The first-order chi connectivity index (χ1) is 3.13. The van der Waals surface area contributed by atoms with E-state index >= 15 is 0 Å². The molecule has 1 nitrogen and oxygen atoms in total. The second kappa shape index (κ2) is 2.99. The number of thiocarbonyl (C=S) groups is 1. The van der Waals surface area contributed by atoms with Crippen LogP contribution in [0.25, 0.3) is 0 Å². The quantitative estimate of drug-likeness (QED) is 0.310. The van der Waals surface area contributed by atoms with Crippen molar-refractivity contribution in [2.75, 3.05) is 0 Å². The van der Waals surface area contributed by atoms with E-state index in [9.17, 15) is 0 Å². The number of rotatable bonds is 1. The molecule has 0 atom stereocenters. The Morgan fingerprint density at radius 1 is 1.86 bits per heavy atom. The Morgan fingerprint density at radius 2 is 2.29 bits per heavy atom. The molecule has 0 rings (SSSR count). The van der Waals surface area contributed by atoms with Gasteiger partial charge in [0.1, 0.15) is 0 Å². The van der Waals surface area contributed by atoms with E-state index in [1.807, 2.05) is 0 Å². The highest BCUT2D eigenvalue weighted by Gasteiger charge is 1.86. The van der Waals surface area contributed by atoms with Gasteiger partial charge in [0.05, 0.1) is 5.76 Å². The predicted octanol–water partition coefficient (Wildman–Crippen LogP) is 2.06. The van der Waals surface area contributed by atoms with E-state index in [-0.39, 0.29) is 4.51 Å². The molecule has 0 aromatic carbocycles. The van der Waals surface area contributed by atoms with Crippen LogP contribution in [-0.4, -0.2) is 4.51 Å². The third-order valence-electron chi connectivity index (χ3n) is 0.254. The van der Waals surface area contributed by atoms with Gasteiger partial charge in [0.25, 0.3) is 4.51 Å². The third kappa shape index (κ3) is 5.92. The molecule has 0 amide bonds. The van der Waals surface area contributed by atoms with E-state index in [4.69, 9.17) is 11.6 Å².